The number of ether oxygens (including phenoxy) is 2. The fourth-order valence-electron chi connectivity index (χ4n) is 2.87. The summed E-state index contributed by atoms with van der Waals surface area (Å²) in [6.07, 6.45) is 0. The maximum Gasteiger partial charge on any atom is 0.263 e. The van der Waals surface area contributed by atoms with E-state index in [1.807, 2.05) is 53.2 Å². The lowest BCUT2D eigenvalue weighted by Crippen LogP contribution is -2.47. The van der Waals surface area contributed by atoms with Crippen LogP contribution in [-0.4, -0.2) is 41.6 Å². The van der Waals surface area contributed by atoms with Crippen molar-refractivity contribution in [3.05, 3.63) is 59.1 Å². The Labute approximate surface area is 169 Å². The first-order valence-electron chi connectivity index (χ1n) is 9.07. The van der Waals surface area contributed by atoms with Crippen LogP contribution in [0.1, 0.15) is 19.4 Å². The van der Waals surface area contributed by atoms with Crippen molar-refractivity contribution in [3.63, 3.8) is 0 Å². The summed E-state index contributed by atoms with van der Waals surface area (Å²) in [5, 5.41) is 8.96. The first-order chi connectivity index (χ1) is 13.4. The van der Waals surface area contributed by atoms with E-state index in [-0.39, 0.29) is 5.91 Å². The van der Waals surface area contributed by atoms with Crippen molar-refractivity contribution >= 4 is 28.4 Å². The van der Waals surface area contributed by atoms with Crippen LogP contribution >= 0.6 is 11.6 Å². The second-order valence-corrected chi connectivity index (χ2v) is 7.41. The molecule has 1 amide bonds. The highest BCUT2D eigenvalue weighted by Gasteiger charge is 2.31. The molecule has 1 aromatic heterocycles. The van der Waals surface area contributed by atoms with E-state index in [0.29, 0.717) is 30.6 Å². The Balaban J connectivity index is 1.86. The van der Waals surface area contributed by atoms with Crippen molar-refractivity contribution in [2.24, 2.45) is 0 Å². The Morgan fingerprint density at radius 3 is 2.75 bits per heavy atom. The molecule has 28 heavy (non-hydrogen) atoms. The number of hydrogen-bond donors (Lipinski definition) is 1. The molecule has 0 aliphatic carbocycles. The van der Waals surface area contributed by atoms with E-state index in [1.165, 1.54) is 0 Å². The van der Waals surface area contributed by atoms with Crippen molar-refractivity contribution < 1.29 is 14.3 Å². The van der Waals surface area contributed by atoms with Gasteiger partial charge in [-0.15, -0.1) is 5.10 Å². The number of para-hydroxylation sites is 1. The molecule has 3 aromatic rings. The summed E-state index contributed by atoms with van der Waals surface area (Å²) in [5.74, 6) is 0.197. The molecule has 2 aromatic carbocycles. The van der Waals surface area contributed by atoms with Crippen LogP contribution < -0.4 is 10.1 Å². The Kier molecular flexibility index (Phi) is 6.21. The lowest BCUT2D eigenvalue weighted by Gasteiger charge is -2.24. The van der Waals surface area contributed by atoms with Crippen molar-refractivity contribution in [1.29, 1.82) is 0 Å². The van der Waals surface area contributed by atoms with Crippen LogP contribution in [0.4, 0.5) is 0 Å². The Hall–Kier alpha value is -2.57. The minimum atomic E-state index is -1.08. The molecule has 0 aliphatic heterocycles. The summed E-state index contributed by atoms with van der Waals surface area (Å²) < 4.78 is 12.9. The normalized spacial score (nSPS) is 11.6. The molecule has 0 radical (unpaired) electrons. The van der Waals surface area contributed by atoms with E-state index in [4.69, 9.17) is 21.1 Å². The van der Waals surface area contributed by atoms with Crippen LogP contribution in [0.5, 0.6) is 5.88 Å². The molecule has 0 bridgehead atoms. The highest BCUT2D eigenvalue weighted by molar-refractivity contribution is 6.30. The Morgan fingerprint density at radius 1 is 1.21 bits per heavy atom. The van der Waals surface area contributed by atoms with Gasteiger partial charge in [0.1, 0.15) is 0 Å². The number of carbonyl (C=O) groups is 1. The van der Waals surface area contributed by atoms with Gasteiger partial charge in [0.25, 0.3) is 5.91 Å². The first-order valence-corrected chi connectivity index (χ1v) is 9.45. The molecule has 3 rings (SSSR count). The molecule has 0 saturated heterocycles. The highest BCUT2D eigenvalue weighted by Crippen LogP contribution is 2.28. The summed E-state index contributed by atoms with van der Waals surface area (Å²) in [4.78, 5) is 12.5. The zero-order chi connectivity index (χ0) is 20.1. The van der Waals surface area contributed by atoms with E-state index in [0.717, 1.165) is 16.5 Å². The van der Waals surface area contributed by atoms with Crippen LogP contribution in [0, 0.1) is 0 Å². The van der Waals surface area contributed by atoms with Gasteiger partial charge in [0.05, 0.1) is 24.1 Å². The third-order valence-corrected chi connectivity index (χ3v) is 4.57. The summed E-state index contributed by atoms with van der Waals surface area (Å²) >= 11 is 6.10. The largest absolute Gasteiger partial charge is 0.460 e. The molecule has 6 nitrogen and oxygen atoms in total. The third-order valence-electron chi connectivity index (χ3n) is 4.34. The molecular weight excluding hydrogens is 378 g/mol. The summed E-state index contributed by atoms with van der Waals surface area (Å²) in [7, 11) is 1.59. The van der Waals surface area contributed by atoms with Gasteiger partial charge in [0.15, 0.2) is 5.60 Å². The number of carbonyl (C=O) groups excluding carboxylic acids is 1. The number of fused-ring (bicyclic) bond motifs is 1. The second-order valence-electron chi connectivity index (χ2n) is 6.97. The van der Waals surface area contributed by atoms with Gasteiger partial charge in [-0.25, -0.2) is 0 Å². The minimum absolute atomic E-state index is 0.224. The Morgan fingerprint density at radius 2 is 2.00 bits per heavy atom. The fraction of sp³-hybridized carbons (Fsp3) is 0.333. The average molecular weight is 402 g/mol. The number of benzene rings is 2. The van der Waals surface area contributed by atoms with Gasteiger partial charge in [0, 0.05) is 18.7 Å². The number of nitrogens with one attached hydrogen (secondary N) is 1. The number of amides is 1. The van der Waals surface area contributed by atoms with Crippen molar-refractivity contribution in [2.75, 3.05) is 20.3 Å². The molecule has 0 saturated carbocycles. The number of halogens is 1. The molecular formula is C21H24ClN3O3. The van der Waals surface area contributed by atoms with E-state index in [2.05, 4.69) is 10.4 Å². The number of aromatic nitrogens is 2. The van der Waals surface area contributed by atoms with Crippen molar-refractivity contribution in [3.8, 4) is 5.88 Å². The van der Waals surface area contributed by atoms with Gasteiger partial charge >= 0.3 is 0 Å². The molecule has 7 heteroatoms. The molecule has 0 unspecified atom stereocenters. The topological polar surface area (TPSA) is 65.4 Å². The second kappa shape index (κ2) is 8.63. The first kappa shape index (κ1) is 20.2. The van der Waals surface area contributed by atoms with E-state index >= 15 is 0 Å². The predicted molar refractivity (Wildman–Crippen MR) is 110 cm³/mol. The zero-order valence-corrected chi connectivity index (χ0v) is 17.0. The van der Waals surface area contributed by atoms with Crippen LogP contribution in [0.15, 0.2) is 48.5 Å². The van der Waals surface area contributed by atoms with Gasteiger partial charge < -0.3 is 14.8 Å². The number of nitrogens with zero attached hydrogens (tertiary/aromatic N) is 2. The molecule has 1 heterocycles. The monoisotopic (exact) mass is 401 g/mol. The lowest BCUT2D eigenvalue weighted by atomic mass is 10.1. The molecule has 0 atom stereocenters. The zero-order valence-electron chi connectivity index (χ0n) is 16.2. The van der Waals surface area contributed by atoms with Crippen LogP contribution in [0.2, 0.25) is 5.02 Å². The van der Waals surface area contributed by atoms with Gasteiger partial charge in [-0.05, 0) is 43.7 Å². The smallest absolute Gasteiger partial charge is 0.263 e. The van der Waals surface area contributed by atoms with Crippen molar-refractivity contribution in [2.45, 2.75) is 26.0 Å². The van der Waals surface area contributed by atoms with Gasteiger partial charge in [-0.2, -0.15) is 0 Å². The van der Waals surface area contributed by atoms with E-state index in [9.17, 15) is 4.79 Å². The Bertz CT molecular complexity index is 968. The van der Waals surface area contributed by atoms with Crippen LogP contribution in [0.3, 0.4) is 0 Å². The minimum Gasteiger partial charge on any atom is -0.460 e. The number of hydrogen-bond acceptors (Lipinski definition) is 4. The van der Waals surface area contributed by atoms with E-state index < -0.39 is 5.60 Å². The predicted octanol–water partition coefficient (Wildman–Crippen LogP) is 3.66. The molecule has 0 spiro atoms. The van der Waals surface area contributed by atoms with Crippen LogP contribution in [0.25, 0.3) is 10.9 Å². The van der Waals surface area contributed by atoms with Gasteiger partial charge in [0.2, 0.25) is 5.88 Å². The standard InChI is InChI=1S/C21H24ClN3O3/c1-21(2,20(26)23-11-12-27-3)28-19-17-9-4-5-10-18(17)25(24-19)14-15-7-6-8-16(22)13-15/h4-10,13H,11-12,14H2,1-3H3,(H,23,26). The average Bonchev–Trinajstić information content (AvgIpc) is 2.99. The maximum absolute atomic E-state index is 12.5. The summed E-state index contributed by atoms with van der Waals surface area (Å²) in [6, 6.07) is 15.4. The fourth-order valence-corrected chi connectivity index (χ4v) is 3.08. The van der Waals surface area contributed by atoms with E-state index in [1.54, 1.807) is 21.0 Å². The number of rotatable bonds is 8. The molecule has 0 fully saturated rings. The SMILES string of the molecule is COCCNC(=O)C(C)(C)Oc1nn(Cc2cccc(Cl)c2)c2ccccc12. The lowest BCUT2D eigenvalue weighted by molar-refractivity contribution is -0.134. The highest BCUT2D eigenvalue weighted by atomic mass is 35.5. The quantitative estimate of drug-likeness (QED) is 0.585. The molecule has 1 N–H and O–H groups in total. The number of methoxy groups -OCH3 is 1. The van der Waals surface area contributed by atoms with Gasteiger partial charge in [-0.1, -0.05) is 35.9 Å². The molecule has 148 valence electrons. The summed E-state index contributed by atoms with van der Waals surface area (Å²) in [5.41, 5.74) is 0.878. The van der Waals surface area contributed by atoms with Crippen molar-refractivity contribution in [1.82, 2.24) is 15.1 Å². The third kappa shape index (κ3) is 4.64. The molecule has 0 aliphatic rings. The summed E-state index contributed by atoms with van der Waals surface area (Å²) in [6.45, 7) is 4.86. The van der Waals surface area contributed by atoms with Gasteiger partial charge in [-0.3, -0.25) is 9.48 Å². The van der Waals surface area contributed by atoms with Crippen LogP contribution in [-0.2, 0) is 16.1 Å². The maximum atomic E-state index is 12.5.